The van der Waals surface area contributed by atoms with E-state index in [0.717, 1.165) is 48.4 Å². The molecule has 1 aromatic heterocycles. The van der Waals surface area contributed by atoms with Crippen molar-refractivity contribution in [3.8, 4) is 16.8 Å². The molecule has 1 atom stereocenters. The summed E-state index contributed by atoms with van der Waals surface area (Å²) in [7, 11) is 0. The fourth-order valence-electron chi connectivity index (χ4n) is 10.7. The van der Waals surface area contributed by atoms with E-state index in [1.807, 2.05) is 0 Å². The third-order valence-electron chi connectivity index (χ3n) is 13.5. The van der Waals surface area contributed by atoms with E-state index in [9.17, 15) is 0 Å². The van der Waals surface area contributed by atoms with E-state index in [1.165, 1.54) is 72.2 Å². The van der Waals surface area contributed by atoms with Gasteiger partial charge in [0.1, 0.15) is 0 Å². The Morgan fingerprint density at radius 2 is 0.806 bits per heavy atom. The number of hydrogen-bond acceptors (Lipinski definition) is 2. The summed E-state index contributed by atoms with van der Waals surface area (Å²) in [4.78, 5) is 4.90. The summed E-state index contributed by atoms with van der Waals surface area (Å²) in [5, 5.41) is 2.49. The SMILES string of the molecule is c1ccc(-c2cccc(N(c3ccc4c(c3)[C@]3(CCc5ccc(N(c6ccccc6)c6ccccc6)cc53)CC4)c3ccc4c(c3)c3ccccc3n4-c3ccccc3)c2)cc1. The summed E-state index contributed by atoms with van der Waals surface area (Å²) < 4.78 is 2.40. The third kappa shape index (κ3) is 5.96. The molecule has 2 aliphatic carbocycles. The van der Waals surface area contributed by atoms with E-state index < -0.39 is 0 Å². The highest BCUT2D eigenvalue weighted by Gasteiger charge is 2.45. The molecule has 10 aromatic rings. The molecule has 0 saturated heterocycles. The fourth-order valence-corrected chi connectivity index (χ4v) is 10.7. The quantitative estimate of drug-likeness (QED) is 0.152. The van der Waals surface area contributed by atoms with Crippen LogP contribution in [0.4, 0.5) is 34.1 Å². The molecule has 1 heterocycles. The molecule has 62 heavy (non-hydrogen) atoms. The maximum atomic E-state index is 2.54. The minimum Gasteiger partial charge on any atom is -0.310 e. The van der Waals surface area contributed by atoms with Gasteiger partial charge in [0.15, 0.2) is 0 Å². The number of aromatic nitrogens is 1. The lowest BCUT2D eigenvalue weighted by atomic mass is 9.76. The monoisotopic (exact) mass is 795 g/mol. The summed E-state index contributed by atoms with van der Waals surface area (Å²) in [6.07, 6.45) is 4.40. The Hall–Kier alpha value is -7.62. The second kappa shape index (κ2) is 14.8. The van der Waals surface area contributed by atoms with E-state index in [1.54, 1.807) is 0 Å². The van der Waals surface area contributed by atoms with Gasteiger partial charge in [-0.15, -0.1) is 0 Å². The molecule has 12 rings (SSSR count). The Morgan fingerprint density at radius 3 is 1.45 bits per heavy atom. The van der Waals surface area contributed by atoms with Gasteiger partial charge in [0.2, 0.25) is 0 Å². The smallest absolute Gasteiger partial charge is 0.0542 e. The normalized spacial score (nSPS) is 15.2. The van der Waals surface area contributed by atoms with Crippen molar-refractivity contribution in [1.29, 1.82) is 0 Å². The second-order valence-electron chi connectivity index (χ2n) is 16.9. The van der Waals surface area contributed by atoms with Gasteiger partial charge in [0.05, 0.1) is 11.0 Å². The molecule has 3 heteroatoms. The number of nitrogens with zero attached hydrogens (tertiary/aromatic N) is 3. The van der Waals surface area contributed by atoms with Crippen molar-refractivity contribution in [2.45, 2.75) is 31.1 Å². The molecule has 9 aromatic carbocycles. The van der Waals surface area contributed by atoms with Gasteiger partial charge in [-0.2, -0.15) is 0 Å². The average Bonchev–Trinajstić information content (AvgIpc) is 4.02. The van der Waals surface area contributed by atoms with Crippen LogP contribution in [0.25, 0.3) is 38.6 Å². The largest absolute Gasteiger partial charge is 0.310 e. The number of hydrogen-bond donors (Lipinski definition) is 0. The Labute approximate surface area is 363 Å². The summed E-state index contributed by atoms with van der Waals surface area (Å²) in [6, 6.07) is 82.6. The third-order valence-corrected chi connectivity index (χ3v) is 13.5. The zero-order chi connectivity index (χ0) is 41.0. The topological polar surface area (TPSA) is 11.4 Å². The van der Waals surface area contributed by atoms with Gasteiger partial charge in [0.25, 0.3) is 0 Å². The molecule has 0 amide bonds. The first-order chi connectivity index (χ1) is 30.7. The first kappa shape index (κ1) is 36.2. The Kier molecular flexibility index (Phi) is 8.67. The van der Waals surface area contributed by atoms with Crippen molar-refractivity contribution in [3.63, 3.8) is 0 Å². The van der Waals surface area contributed by atoms with Crippen molar-refractivity contribution < 1.29 is 0 Å². The highest BCUT2D eigenvalue weighted by Crippen LogP contribution is 2.55. The average molecular weight is 796 g/mol. The Morgan fingerprint density at radius 1 is 0.339 bits per heavy atom. The van der Waals surface area contributed by atoms with Crippen molar-refractivity contribution >= 4 is 55.9 Å². The van der Waals surface area contributed by atoms with E-state index in [4.69, 9.17) is 0 Å². The van der Waals surface area contributed by atoms with Crippen LogP contribution in [0, 0.1) is 0 Å². The van der Waals surface area contributed by atoms with Crippen LogP contribution in [0.2, 0.25) is 0 Å². The van der Waals surface area contributed by atoms with E-state index >= 15 is 0 Å². The number of fused-ring (bicyclic) bond motifs is 7. The summed E-state index contributed by atoms with van der Waals surface area (Å²) in [5.74, 6) is 0. The van der Waals surface area contributed by atoms with Gasteiger partial charge in [0, 0.05) is 56.0 Å². The molecule has 0 aliphatic heterocycles. The number of anilines is 6. The van der Waals surface area contributed by atoms with E-state index in [-0.39, 0.29) is 5.41 Å². The summed E-state index contributed by atoms with van der Waals surface area (Å²) in [5.41, 5.74) is 18.8. The molecule has 0 radical (unpaired) electrons. The maximum absolute atomic E-state index is 2.54. The molecular formula is C59H45N3. The first-order valence-corrected chi connectivity index (χ1v) is 21.9. The molecule has 1 spiro atoms. The Bertz CT molecular complexity index is 3200. The van der Waals surface area contributed by atoms with Crippen LogP contribution < -0.4 is 9.80 Å². The summed E-state index contributed by atoms with van der Waals surface area (Å²) in [6.45, 7) is 0. The molecule has 2 aliphatic rings. The van der Waals surface area contributed by atoms with Gasteiger partial charge >= 0.3 is 0 Å². The highest BCUT2D eigenvalue weighted by molar-refractivity contribution is 6.10. The first-order valence-electron chi connectivity index (χ1n) is 21.9. The Balaban J connectivity index is 1.03. The van der Waals surface area contributed by atoms with Crippen molar-refractivity contribution in [2.24, 2.45) is 0 Å². The van der Waals surface area contributed by atoms with Crippen molar-refractivity contribution in [1.82, 2.24) is 4.57 Å². The number of rotatable bonds is 8. The molecular weight excluding hydrogens is 751 g/mol. The lowest BCUT2D eigenvalue weighted by Gasteiger charge is -2.31. The minimum absolute atomic E-state index is 0.0552. The molecule has 3 nitrogen and oxygen atoms in total. The fraction of sp³-hybridized carbons (Fsp3) is 0.0847. The predicted octanol–water partition coefficient (Wildman–Crippen LogP) is 15.6. The lowest BCUT2D eigenvalue weighted by Crippen LogP contribution is -2.22. The molecule has 0 fully saturated rings. The number of para-hydroxylation sites is 4. The van der Waals surface area contributed by atoms with Gasteiger partial charge in [-0.3, -0.25) is 0 Å². The van der Waals surface area contributed by atoms with Crippen LogP contribution >= 0.6 is 0 Å². The van der Waals surface area contributed by atoms with Crippen LogP contribution in [-0.4, -0.2) is 4.57 Å². The highest BCUT2D eigenvalue weighted by atomic mass is 15.1. The number of aryl methyl sites for hydroxylation is 2. The van der Waals surface area contributed by atoms with Gasteiger partial charge in [-0.1, -0.05) is 127 Å². The van der Waals surface area contributed by atoms with Crippen molar-refractivity contribution in [2.75, 3.05) is 9.80 Å². The second-order valence-corrected chi connectivity index (χ2v) is 16.9. The van der Waals surface area contributed by atoms with Gasteiger partial charge < -0.3 is 14.4 Å². The predicted molar refractivity (Wildman–Crippen MR) is 259 cm³/mol. The van der Waals surface area contributed by atoms with Crippen molar-refractivity contribution in [3.05, 3.63) is 247 Å². The molecule has 296 valence electrons. The van der Waals surface area contributed by atoms with E-state index in [2.05, 4.69) is 239 Å². The lowest BCUT2D eigenvalue weighted by molar-refractivity contribution is 0.507. The zero-order valence-electron chi connectivity index (χ0n) is 34.5. The van der Waals surface area contributed by atoms with Gasteiger partial charge in [-0.25, -0.2) is 0 Å². The zero-order valence-corrected chi connectivity index (χ0v) is 34.5. The molecule has 0 N–H and O–H groups in total. The van der Waals surface area contributed by atoms with Gasteiger partial charge in [-0.05, 0) is 156 Å². The summed E-state index contributed by atoms with van der Waals surface area (Å²) >= 11 is 0. The van der Waals surface area contributed by atoms with Crippen LogP contribution in [-0.2, 0) is 18.3 Å². The molecule has 0 unspecified atom stereocenters. The molecule has 0 saturated carbocycles. The van der Waals surface area contributed by atoms with Crippen LogP contribution in [0.5, 0.6) is 0 Å². The minimum atomic E-state index is -0.0552. The van der Waals surface area contributed by atoms with Crippen LogP contribution in [0.15, 0.2) is 224 Å². The van der Waals surface area contributed by atoms with Crippen LogP contribution in [0.1, 0.15) is 35.1 Å². The molecule has 0 bridgehead atoms. The number of benzene rings is 9. The van der Waals surface area contributed by atoms with Crippen LogP contribution in [0.3, 0.4) is 0 Å². The standard InChI is InChI=1S/C59H45N3/c1-5-16-42(17-6-1)45-18-15-25-49(38-45)61(50-32-33-58-54(39-50)53-26-13-14-27-57(53)62(58)48-23-11-4-12-24-48)52-31-29-44-35-37-59(56(44)41-52)36-34-43-28-30-51(40-55(43)59)60(46-19-7-2-8-20-46)47-21-9-3-10-22-47/h1-33,38-41H,34-37H2/t59-/m1/s1. The van der Waals surface area contributed by atoms with E-state index in [0.29, 0.717) is 0 Å². The maximum Gasteiger partial charge on any atom is 0.0542 e.